The normalized spacial score (nSPS) is 12.2. The van der Waals surface area contributed by atoms with Gasteiger partial charge < -0.3 is 0 Å². The Morgan fingerprint density at radius 3 is 2.27 bits per heavy atom. The lowest BCUT2D eigenvalue weighted by atomic mass is 9.92. The number of benzene rings is 5. The first kappa shape index (κ1) is 14.7. The van der Waals surface area contributed by atoms with Crippen LogP contribution in [0.1, 0.15) is 0 Å². The highest BCUT2D eigenvalue weighted by molar-refractivity contribution is 9.10. The van der Waals surface area contributed by atoms with Gasteiger partial charge in [-0.05, 0) is 51.9 Å². The minimum Gasteiger partial charge on any atom is -0.289 e. The van der Waals surface area contributed by atoms with E-state index in [1.807, 2.05) is 24.3 Å². The molecule has 5 aromatic carbocycles. The lowest BCUT2D eigenvalue weighted by Crippen LogP contribution is -2.03. The van der Waals surface area contributed by atoms with Crippen molar-refractivity contribution in [3.8, 4) is 0 Å². The lowest BCUT2D eigenvalue weighted by molar-refractivity contribution is 1.70. The predicted octanol–water partition coefficient (Wildman–Crippen LogP) is 7.07. The molecular formula is C23H11BrOS. The van der Waals surface area contributed by atoms with Gasteiger partial charge in [0, 0.05) is 35.4 Å². The van der Waals surface area contributed by atoms with Gasteiger partial charge in [0.05, 0.1) is 0 Å². The number of hydrogen-bond donors (Lipinski definition) is 0. The fourth-order valence-electron chi connectivity index (χ4n) is 4.17. The third-order valence-electron chi connectivity index (χ3n) is 5.28. The first-order valence-electron chi connectivity index (χ1n) is 8.44. The zero-order valence-corrected chi connectivity index (χ0v) is 15.9. The van der Waals surface area contributed by atoms with Crippen LogP contribution in [0.15, 0.2) is 76.0 Å². The molecule has 0 spiro atoms. The van der Waals surface area contributed by atoms with Crippen LogP contribution in [-0.2, 0) is 0 Å². The molecule has 6 rings (SSSR count). The smallest absolute Gasteiger partial charge is 0.194 e. The molecule has 0 saturated heterocycles. The Bertz CT molecular complexity index is 1560. The molecule has 1 aromatic heterocycles. The Labute approximate surface area is 160 Å². The highest BCUT2D eigenvalue weighted by atomic mass is 79.9. The molecule has 0 saturated carbocycles. The zero-order valence-electron chi connectivity index (χ0n) is 13.5. The summed E-state index contributed by atoms with van der Waals surface area (Å²) in [4.78, 5) is 13.2. The molecule has 26 heavy (non-hydrogen) atoms. The summed E-state index contributed by atoms with van der Waals surface area (Å²) in [5, 5.41) is 8.56. The standard InChI is InChI=1S/C23H11BrOS/c24-12-5-6-13-15-9-10-20-22-16(14-3-1-2-4-19(14)26-20)7-8-17(21(15)22)23(25)18(13)11-12/h1-11H. The molecule has 122 valence electrons. The molecule has 0 aliphatic heterocycles. The molecule has 0 fully saturated rings. The van der Waals surface area contributed by atoms with Crippen molar-refractivity contribution in [2.24, 2.45) is 0 Å². The lowest BCUT2D eigenvalue weighted by Gasteiger charge is -2.14. The maximum absolute atomic E-state index is 13.2. The van der Waals surface area contributed by atoms with Crippen LogP contribution >= 0.6 is 27.3 Å². The second-order valence-electron chi connectivity index (χ2n) is 6.64. The van der Waals surface area contributed by atoms with Gasteiger partial charge in [0.25, 0.3) is 0 Å². The van der Waals surface area contributed by atoms with Gasteiger partial charge in [0.1, 0.15) is 0 Å². The van der Waals surface area contributed by atoms with Gasteiger partial charge in [0.2, 0.25) is 0 Å². The van der Waals surface area contributed by atoms with Gasteiger partial charge in [-0.2, -0.15) is 0 Å². The molecule has 6 aromatic rings. The predicted molar refractivity (Wildman–Crippen MR) is 117 cm³/mol. The van der Waals surface area contributed by atoms with E-state index >= 15 is 0 Å². The summed E-state index contributed by atoms with van der Waals surface area (Å²) in [7, 11) is 0. The summed E-state index contributed by atoms with van der Waals surface area (Å²) in [5.74, 6) is 0. The van der Waals surface area contributed by atoms with E-state index in [0.29, 0.717) is 0 Å². The van der Waals surface area contributed by atoms with Gasteiger partial charge in [-0.3, -0.25) is 4.79 Å². The minimum absolute atomic E-state index is 0.112. The van der Waals surface area contributed by atoms with Crippen LogP contribution in [0, 0.1) is 0 Å². The average molecular weight is 415 g/mol. The first-order chi connectivity index (χ1) is 12.7. The van der Waals surface area contributed by atoms with Crippen LogP contribution in [0.5, 0.6) is 0 Å². The molecule has 0 unspecified atom stereocenters. The van der Waals surface area contributed by atoms with Gasteiger partial charge in [-0.1, -0.05) is 52.3 Å². The largest absolute Gasteiger partial charge is 0.289 e. The van der Waals surface area contributed by atoms with E-state index in [0.717, 1.165) is 31.4 Å². The number of fused-ring (bicyclic) bond motifs is 4. The van der Waals surface area contributed by atoms with E-state index in [1.54, 1.807) is 11.3 Å². The van der Waals surface area contributed by atoms with E-state index < -0.39 is 0 Å². The molecular weight excluding hydrogens is 404 g/mol. The first-order valence-corrected chi connectivity index (χ1v) is 10.0. The molecule has 0 radical (unpaired) electrons. The van der Waals surface area contributed by atoms with E-state index in [1.165, 1.54) is 25.6 Å². The summed E-state index contributed by atoms with van der Waals surface area (Å²) < 4.78 is 3.44. The Balaban J connectivity index is 2.01. The van der Waals surface area contributed by atoms with Crippen molar-refractivity contribution in [2.75, 3.05) is 0 Å². The SMILES string of the molecule is O=c1c2cc(Br)ccc2c2ccc3sc4ccccc4c4ccc1c2c34. The summed E-state index contributed by atoms with van der Waals surface area (Å²) in [6, 6.07) is 23.0. The van der Waals surface area contributed by atoms with Crippen LogP contribution < -0.4 is 5.43 Å². The monoisotopic (exact) mass is 414 g/mol. The van der Waals surface area contributed by atoms with Crippen molar-refractivity contribution in [2.45, 2.75) is 0 Å². The summed E-state index contributed by atoms with van der Waals surface area (Å²) in [6.07, 6.45) is 0. The van der Waals surface area contributed by atoms with Gasteiger partial charge in [0.15, 0.2) is 5.43 Å². The number of rotatable bonds is 0. The zero-order chi connectivity index (χ0) is 17.4. The highest BCUT2D eigenvalue weighted by Crippen LogP contribution is 2.42. The van der Waals surface area contributed by atoms with Crippen molar-refractivity contribution >= 4 is 79.8 Å². The number of halogens is 1. The van der Waals surface area contributed by atoms with Gasteiger partial charge in [-0.15, -0.1) is 11.3 Å². The third kappa shape index (κ3) is 1.77. The molecule has 1 heterocycles. The summed E-state index contributed by atoms with van der Waals surface area (Å²) in [6.45, 7) is 0. The van der Waals surface area contributed by atoms with Crippen LogP contribution in [0.4, 0.5) is 0 Å². The Kier molecular flexibility index (Phi) is 2.83. The molecule has 1 nitrogen and oxygen atoms in total. The molecule has 3 heteroatoms. The molecule has 0 N–H and O–H groups in total. The number of hydrogen-bond acceptors (Lipinski definition) is 2. The van der Waals surface area contributed by atoms with Crippen LogP contribution in [0.25, 0.3) is 52.5 Å². The van der Waals surface area contributed by atoms with Crippen molar-refractivity contribution in [3.05, 3.63) is 81.4 Å². The van der Waals surface area contributed by atoms with Gasteiger partial charge >= 0.3 is 0 Å². The average Bonchev–Trinajstić information content (AvgIpc) is 2.67. The second kappa shape index (κ2) is 5.03. The topological polar surface area (TPSA) is 17.1 Å². The maximum atomic E-state index is 13.2. The van der Waals surface area contributed by atoms with Crippen molar-refractivity contribution in [1.82, 2.24) is 0 Å². The third-order valence-corrected chi connectivity index (χ3v) is 6.91. The Hall–Kier alpha value is -2.49. The van der Waals surface area contributed by atoms with Crippen molar-refractivity contribution < 1.29 is 0 Å². The quantitative estimate of drug-likeness (QED) is 0.191. The molecule has 0 bridgehead atoms. The van der Waals surface area contributed by atoms with Crippen molar-refractivity contribution in [3.63, 3.8) is 0 Å². The Morgan fingerprint density at radius 2 is 1.35 bits per heavy atom. The second-order valence-corrected chi connectivity index (χ2v) is 8.64. The Morgan fingerprint density at radius 1 is 0.615 bits per heavy atom. The van der Waals surface area contributed by atoms with E-state index in [2.05, 4.69) is 58.4 Å². The molecule has 0 aliphatic rings. The summed E-state index contributed by atoms with van der Waals surface area (Å²) >= 11 is 5.29. The highest BCUT2D eigenvalue weighted by Gasteiger charge is 2.16. The molecule has 0 atom stereocenters. The van der Waals surface area contributed by atoms with Crippen molar-refractivity contribution in [1.29, 1.82) is 0 Å². The molecule has 0 aliphatic carbocycles. The van der Waals surface area contributed by atoms with Crippen LogP contribution in [0.2, 0.25) is 0 Å². The van der Waals surface area contributed by atoms with Gasteiger partial charge in [-0.25, -0.2) is 0 Å². The summed E-state index contributed by atoms with van der Waals surface area (Å²) in [5.41, 5.74) is 0.112. The fourth-order valence-corrected chi connectivity index (χ4v) is 5.65. The van der Waals surface area contributed by atoms with Crippen LogP contribution in [-0.4, -0.2) is 0 Å². The van der Waals surface area contributed by atoms with E-state index in [-0.39, 0.29) is 5.43 Å². The van der Waals surface area contributed by atoms with Crippen LogP contribution in [0.3, 0.4) is 0 Å². The molecule has 0 amide bonds. The minimum atomic E-state index is 0.112. The maximum Gasteiger partial charge on any atom is 0.194 e. The fraction of sp³-hybridized carbons (Fsp3) is 0. The van der Waals surface area contributed by atoms with E-state index in [4.69, 9.17) is 0 Å². The van der Waals surface area contributed by atoms with E-state index in [9.17, 15) is 4.79 Å².